The molecule has 1 amide bonds. The minimum Gasteiger partial charge on any atom is -0.338 e. The third-order valence-corrected chi connectivity index (χ3v) is 6.08. The summed E-state index contributed by atoms with van der Waals surface area (Å²) in [7, 11) is 0. The summed E-state index contributed by atoms with van der Waals surface area (Å²) in [5.74, 6) is 0.367. The number of anilines is 1. The van der Waals surface area contributed by atoms with Gasteiger partial charge in [-0.1, -0.05) is 35.9 Å². The van der Waals surface area contributed by atoms with Crippen LogP contribution in [-0.2, 0) is 0 Å². The van der Waals surface area contributed by atoms with E-state index >= 15 is 0 Å². The highest BCUT2D eigenvalue weighted by molar-refractivity contribution is 6.33. The predicted octanol–water partition coefficient (Wildman–Crippen LogP) is 7.02. The van der Waals surface area contributed by atoms with Gasteiger partial charge in [0.15, 0.2) is 0 Å². The highest BCUT2D eigenvalue weighted by Gasteiger charge is 2.14. The molecule has 7 nitrogen and oxygen atoms in total. The van der Waals surface area contributed by atoms with Crippen LogP contribution in [-0.4, -0.2) is 20.8 Å². The van der Waals surface area contributed by atoms with Crippen molar-refractivity contribution in [3.8, 4) is 22.5 Å². The van der Waals surface area contributed by atoms with E-state index in [1.165, 1.54) is 12.1 Å². The fraction of sp³-hybridized carbons (Fsp3) is 0.0370. The third-order valence-electron chi connectivity index (χ3n) is 5.75. The zero-order valence-electron chi connectivity index (χ0n) is 18.6. The van der Waals surface area contributed by atoms with Crippen molar-refractivity contribution in [2.45, 2.75) is 6.92 Å². The summed E-state index contributed by atoms with van der Waals surface area (Å²) < 4.78 is 0. The molecule has 4 aromatic carbocycles. The van der Waals surface area contributed by atoms with Crippen LogP contribution in [0, 0.1) is 17.0 Å². The number of hydrogen-bond donors (Lipinski definition) is 2. The van der Waals surface area contributed by atoms with Crippen LogP contribution in [0.25, 0.3) is 33.5 Å². The second-order valence-electron chi connectivity index (χ2n) is 8.08. The Kier molecular flexibility index (Phi) is 5.76. The number of aryl methyl sites for hydroxylation is 1. The minimum absolute atomic E-state index is 0.0338. The van der Waals surface area contributed by atoms with E-state index in [1.807, 2.05) is 43.3 Å². The largest absolute Gasteiger partial charge is 0.338 e. The van der Waals surface area contributed by atoms with Crippen LogP contribution in [0.4, 0.5) is 11.4 Å². The molecule has 0 saturated heterocycles. The smallest absolute Gasteiger partial charge is 0.269 e. The lowest BCUT2D eigenvalue weighted by molar-refractivity contribution is -0.384. The van der Waals surface area contributed by atoms with Crippen molar-refractivity contribution in [2.75, 3.05) is 5.32 Å². The van der Waals surface area contributed by atoms with Crippen molar-refractivity contribution in [2.24, 2.45) is 0 Å². The first-order valence-electron chi connectivity index (χ1n) is 10.8. The van der Waals surface area contributed by atoms with E-state index in [0.29, 0.717) is 27.7 Å². The van der Waals surface area contributed by atoms with Crippen LogP contribution in [0.1, 0.15) is 15.9 Å². The molecule has 1 heterocycles. The van der Waals surface area contributed by atoms with Gasteiger partial charge in [0.05, 0.1) is 21.0 Å². The molecule has 0 radical (unpaired) electrons. The Hall–Kier alpha value is -4.49. The third kappa shape index (κ3) is 4.49. The molecule has 35 heavy (non-hydrogen) atoms. The van der Waals surface area contributed by atoms with E-state index < -0.39 is 4.92 Å². The summed E-state index contributed by atoms with van der Waals surface area (Å²) >= 11 is 6.43. The second kappa shape index (κ2) is 9.04. The summed E-state index contributed by atoms with van der Waals surface area (Å²) in [5, 5.41) is 14.3. The summed E-state index contributed by atoms with van der Waals surface area (Å²) in [6.07, 6.45) is 0. The van der Waals surface area contributed by atoms with Gasteiger partial charge < -0.3 is 10.3 Å². The van der Waals surface area contributed by atoms with Crippen LogP contribution in [0.3, 0.4) is 0 Å². The molecule has 0 aliphatic rings. The number of nitrogens with one attached hydrogen (secondary N) is 2. The van der Waals surface area contributed by atoms with Gasteiger partial charge in [-0.3, -0.25) is 14.9 Å². The van der Waals surface area contributed by atoms with E-state index in [2.05, 4.69) is 15.3 Å². The van der Waals surface area contributed by atoms with Gasteiger partial charge in [-0.2, -0.15) is 0 Å². The number of amides is 1. The van der Waals surface area contributed by atoms with Crippen molar-refractivity contribution < 1.29 is 9.72 Å². The Bertz CT molecular complexity index is 1560. The number of aromatic amines is 1. The molecular formula is C27H19ClN4O3. The van der Waals surface area contributed by atoms with Gasteiger partial charge in [0.1, 0.15) is 5.82 Å². The Labute approximate surface area is 205 Å². The number of nitrogens with zero attached hydrogens (tertiary/aromatic N) is 2. The first kappa shape index (κ1) is 22.3. The van der Waals surface area contributed by atoms with Crippen LogP contribution in [0.15, 0.2) is 84.9 Å². The molecule has 5 rings (SSSR count). The molecule has 0 atom stereocenters. The van der Waals surface area contributed by atoms with Gasteiger partial charge in [-0.05, 0) is 72.1 Å². The number of halogens is 1. The molecule has 0 aliphatic heterocycles. The van der Waals surface area contributed by atoms with Crippen LogP contribution >= 0.6 is 11.6 Å². The molecule has 0 fully saturated rings. The van der Waals surface area contributed by atoms with Crippen LogP contribution in [0.5, 0.6) is 0 Å². The minimum atomic E-state index is -0.432. The highest BCUT2D eigenvalue weighted by Crippen LogP contribution is 2.31. The molecular weight excluding hydrogens is 464 g/mol. The van der Waals surface area contributed by atoms with Crippen molar-refractivity contribution in [3.05, 3.63) is 111 Å². The van der Waals surface area contributed by atoms with E-state index in [1.54, 1.807) is 36.4 Å². The number of nitro groups is 1. The van der Waals surface area contributed by atoms with Gasteiger partial charge in [0, 0.05) is 28.9 Å². The molecule has 8 heteroatoms. The van der Waals surface area contributed by atoms with Gasteiger partial charge in [-0.15, -0.1) is 0 Å². The zero-order chi connectivity index (χ0) is 24.5. The number of non-ortho nitro benzene ring substituents is 1. The normalized spacial score (nSPS) is 10.9. The number of aromatic nitrogens is 2. The lowest BCUT2D eigenvalue weighted by Gasteiger charge is -2.11. The summed E-state index contributed by atoms with van der Waals surface area (Å²) in [6, 6.07) is 24.7. The molecule has 2 N–H and O–H groups in total. The first-order chi connectivity index (χ1) is 16.9. The maximum Gasteiger partial charge on any atom is 0.269 e. The average Bonchev–Trinajstić information content (AvgIpc) is 3.29. The molecule has 172 valence electrons. The Morgan fingerprint density at radius 2 is 1.71 bits per heavy atom. The topological polar surface area (TPSA) is 101 Å². The maximum absolute atomic E-state index is 13.0. The molecule has 0 spiro atoms. The summed E-state index contributed by atoms with van der Waals surface area (Å²) in [4.78, 5) is 31.3. The average molecular weight is 483 g/mol. The number of nitro benzene ring substituents is 1. The SMILES string of the molecule is Cc1cc(-c2ccc([N+](=O)[O-])cc2)ccc1C(=O)Nc1ccc(Cl)c(-c2nc3ccccc3[nH]2)c1. The molecule has 0 aliphatic carbocycles. The quantitative estimate of drug-likeness (QED) is 0.207. The number of carbonyl (C=O) groups is 1. The number of H-pyrrole nitrogens is 1. The second-order valence-corrected chi connectivity index (χ2v) is 8.49. The van der Waals surface area contributed by atoms with Crippen molar-refractivity contribution in [3.63, 3.8) is 0 Å². The molecule has 5 aromatic rings. The van der Waals surface area contributed by atoms with Gasteiger partial charge in [-0.25, -0.2) is 4.98 Å². The molecule has 0 saturated carbocycles. The summed E-state index contributed by atoms with van der Waals surface area (Å²) in [5.41, 5.74) is 6.05. The van der Waals surface area contributed by atoms with Crippen molar-refractivity contribution in [1.29, 1.82) is 0 Å². The van der Waals surface area contributed by atoms with Crippen LogP contribution in [0.2, 0.25) is 5.02 Å². The molecule has 0 unspecified atom stereocenters. The lowest BCUT2D eigenvalue weighted by Crippen LogP contribution is -2.13. The predicted molar refractivity (Wildman–Crippen MR) is 138 cm³/mol. The Balaban J connectivity index is 1.38. The molecule has 0 bridgehead atoms. The van der Waals surface area contributed by atoms with Gasteiger partial charge in [0.25, 0.3) is 11.6 Å². The number of fused-ring (bicyclic) bond motifs is 1. The van der Waals surface area contributed by atoms with E-state index in [-0.39, 0.29) is 11.6 Å². The zero-order valence-corrected chi connectivity index (χ0v) is 19.3. The van der Waals surface area contributed by atoms with Crippen LogP contribution < -0.4 is 5.32 Å². The van der Waals surface area contributed by atoms with Gasteiger partial charge >= 0.3 is 0 Å². The fourth-order valence-corrected chi connectivity index (χ4v) is 4.14. The number of benzene rings is 4. The first-order valence-corrected chi connectivity index (χ1v) is 11.2. The van der Waals surface area contributed by atoms with Crippen molar-refractivity contribution in [1.82, 2.24) is 9.97 Å². The number of hydrogen-bond acceptors (Lipinski definition) is 4. The standard InChI is InChI=1S/C27H19ClN4O3/c1-16-14-18(17-6-10-20(11-7-17)32(34)35)8-12-21(16)27(33)29-19-9-13-23(28)22(15-19)26-30-24-4-2-3-5-25(24)31-26/h2-15H,1H3,(H,29,33)(H,30,31). The molecule has 1 aromatic heterocycles. The Morgan fingerprint density at radius 3 is 2.43 bits per heavy atom. The fourth-order valence-electron chi connectivity index (χ4n) is 3.94. The Morgan fingerprint density at radius 1 is 0.971 bits per heavy atom. The number of rotatable bonds is 5. The lowest BCUT2D eigenvalue weighted by atomic mass is 9.99. The highest BCUT2D eigenvalue weighted by atomic mass is 35.5. The van der Waals surface area contributed by atoms with E-state index in [9.17, 15) is 14.9 Å². The maximum atomic E-state index is 13.0. The van der Waals surface area contributed by atoms with Crippen molar-refractivity contribution >= 4 is 39.9 Å². The number of para-hydroxylation sites is 2. The number of carbonyl (C=O) groups excluding carboxylic acids is 1. The van der Waals surface area contributed by atoms with E-state index in [4.69, 9.17) is 11.6 Å². The number of imidazole rings is 1. The monoisotopic (exact) mass is 482 g/mol. The summed E-state index contributed by atoms with van der Waals surface area (Å²) in [6.45, 7) is 1.85. The van der Waals surface area contributed by atoms with Gasteiger partial charge in [0.2, 0.25) is 0 Å². The van der Waals surface area contributed by atoms with E-state index in [0.717, 1.165) is 27.7 Å².